The smallest absolute Gasteiger partial charge is 0.242 e. The van der Waals surface area contributed by atoms with Crippen molar-refractivity contribution in [3.05, 3.63) is 30.6 Å². The van der Waals surface area contributed by atoms with Crippen LogP contribution in [-0.4, -0.2) is 54.0 Å². The first-order valence-electron chi connectivity index (χ1n) is 7.96. The highest BCUT2D eigenvalue weighted by Crippen LogP contribution is 2.18. The zero-order valence-corrected chi connectivity index (χ0v) is 14.0. The fraction of sp³-hybridized carbons (Fsp3) is 0.471. The highest BCUT2D eigenvalue weighted by Gasteiger charge is 2.14. The normalized spacial score (nSPS) is 12.3. The predicted molar refractivity (Wildman–Crippen MR) is 93.4 cm³/mol. The SMILES string of the molecule is CC(Nc1ncnc2ccccc12)C(=O)NCCCCN(C)C. The lowest BCUT2D eigenvalue weighted by molar-refractivity contribution is -0.121. The van der Waals surface area contributed by atoms with Crippen LogP contribution >= 0.6 is 0 Å². The second kappa shape index (κ2) is 8.43. The number of hydrogen-bond acceptors (Lipinski definition) is 5. The molecule has 1 aromatic heterocycles. The molecule has 0 aliphatic rings. The molecule has 1 unspecified atom stereocenters. The van der Waals surface area contributed by atoms with Crippen LogP contribution in [0.25, 0.3) is 10.9 Å². The van der Waals surface area contributed by atoms with Gasteiger partial charge in [-0.15, -0.1) is 0 Å². The lowest BCUT2D eigenvalue weighted by atomic mass is 10.2. The molecule has 0 radical (unpaired) electrons. The van der Waals surface area contributed by atoms with Crippen molar-refractivity contribution in [3.8, 4) is 0 Å². The third-order valence-electron chi connectivity index (χ3n) is 3.62. The van der Waals surface area contributed by atoms with Crippen molar-refractivity contribution in [1.82, 2.24) is 20.2 Å². The zero-order chi connectivity index (χ0) is 16.7. The molecular weight excluding hydrogens is 290 g/mol. The van der Waals surface area contributed by atoms with Crippen molar-refractivity contribution in [3.63, 3.8) is 0 Å². The molecule has 1 aromatic carbocycles. The molecule has 0 aliphatic heterocycles. The molecule has 6 nitrogen and oxygen atoms in total. The van der Waals surface area contributed by atoms with Crippen LogP contribution in [0.3, 0.4) is 0 Å². The Hall–Kier alpha value is -2.21. The Morgan fingerprint density at radius 3 is 2.78 bits per heavy atom. The van der Waals surface area contributed by atoms with Crippen LogP contribution in [-0.2, 0) is 4.79 Å². The Balaban J connectivity index is 1.85. The summed E-state index contributed by atoms with van der Waals surface area (Å²) >= 11 is 0. The third-order valence-corrected chi connectivity index (χ3v) is 3.62. The molecule has 0 spiro atoms. The lowest BCUT2D eigenvalue weighted by Gasteiger charge is -2.16. The number of hydrogen-bond donors (Lipinski definition) is 2. The molecule has 0 fully saturated rings. The molecule has 2 aromatic rings. The van der Waals surface area contributed by atoms with Crippen molar-refractivity contribution >= 4 is 22.6 Å². The quantitative estimate of drug-likeness (QED) is 0.728. The number of anilines is 1. The molecule has 1 atom stereocenters. The van der Waals surface area contributed by atoms with Crippen LogP contribution in [0.2, 0.25) is 0 Å². The summed E-state index contributed by atoms with van der Waals surface area (Å²) in [7, 11) is 4.10. The number of benzene rings is 1. The number of amides is 1. The van der Waals surface area contributed by atoms with Gasteiger partial charge in [-0.1, -0.05) is 12.1 Å². The van der Waals surface area contributed by atoms with E-state index in [4.69, 9.17) is 0 Å². The van der Waals surface area contributed by atoms with E-state index in [9.17, 15) is 4.79 Å². The van der Waals surface area contributed by atoms with Crippen LogP contribution in [0.5, 0.6) is 0 Å². The summed E-state index contributed by atoms with van der Waals surface area (Å²) in [6.45, 7) is 3.58. The summed E-state index contributed by atoms with van der Waals surface area (Å²) in [5.74, 6) is 0.670. The number of carbonyl (C=O) groups is 1. The van der Waals surface area contributed by atoms with Crippen molar-refractivity contribution in [2.75, 3.05) is 32.5 Å². The second-order valence-corrected chi connectivity index (χ2v) is 5.91. The summed E-state index contributed by atoms with van der Waals surface area (Å²) in [5.41, 5.74) is 0.862. The minimum atomic E-state index is -0.345. The van der Waals surface area contributed by atoms with E-state index in [1.165, 1.54) is 6.33 Å². The third kappa shape index (κ3) is 5.17. The molecule has 0 saturated heterocycles. The van der Waals surface area contributed by atoms with Gasteiger partial charge in [-0.25, -0.2) is 9.97 Å². The van der Waals surface area contributed by atoms with Crippen LogP contribution in [0.15, 0.2) is 30.6 Å². The van der Waals surface area contributed by atoms with E-state index < -0.39 is 0 Å². The average Bonchev–Trinajstić information content (AvgIpc) is 2.54. The van der Waals surface area contributed by atoms with E-state index in [-0.39, 0.29) is 11.9 Å². The average molecular weight is 315 g/mol. The summed E-state index contributed by atoms with van der Waals surface area (Å²) in [6, 6.07) is 7.40. The van der Waals surface area contributed by atoms with Crippen molar-refractivity contribution in [2.45, 2.75) is 25.8 Å². The van der Waals surface area contributed by atoms with Gasteiger partial charge in [-0.3, -0.25) is 4.79 Å². The summed E-state index contributed by atoms with van der Waals surface area (Å²) < 4.78 is 0. The molecule has 23 heavy (non-hydrogen) atoms. The molecule has 2 N–H and O–H groups in total. The number of carbonyl (C=O) groups excluding carboxylic acids is 1. The Bertz CT molecular complexity index is 638. The van der Waals surface area contributed by atoms with Crippen molar-refractivity contribution in [2.24, 2.45) is 0 Å². The van der Waals surface area contributed by atoms with E-state index in [0.29, 0.717) is 12.4 Å². The highest BCUT2D eigenvalue weighted by atomic mass is 16.2. The monoisotopic (exact) mass is 315 g/mol. The van der Waals surface area contributed by atoms with Crippen LogP contribution in [0, 0.1) is 0 Å². The van der Waals surface area contributed by atoms with E-state index in [0.717, 1.165) is 30.3 Å². The molecule has 124 valence electrons. The van der Waals surface area contributed by atoms with Crippen LogP contribution in [0.1, 0.15) is 19.8 Å². The molecule has 1 heterocycles. The fourth-order valence-electron chi connectivity index (χ4n) is 2.31. The predicted octanol–water partition coefficient (Wildman–Crippen LogP) is 1.89. The first-order chi connectivity index (χ1) is 11.1. The van der Waals surface area contributed by atoms with E-state index in [2.05, 4.69) is 39.6 Å². The number of unbranched alkanes of at least 4 members (excludes halogenated alkanes) is 1. The number of nitrogens with one attached hydrogen (secondary N) is 2. The molecular formula is C17H25N5O. The minimum absolute atomic E-state index is 0.0162. The standard InChI is InChI=1S/C17H25N5O/c1-13(17(23)18-10-6-7-11-22(2)3)21-16-14-8-4-5-9-15(14)19-12-20-16/h4-5,8-9,12-13H,6-7,10-11H2,1-3H3,(H,18,23)(H,19,20,21). The van der Waals surface area contributed by atoms with Gasteiger partial charge >= 0.3 is 0 Å². The zero-order valence-electron chi connectivity index (χ0n) is 14.0. The summed E-state index contributed by atoms with van der Waals surface area (Å²) in [4.78, 5) is 22.8. The van der Waals surface area contributed by atoms with Crippen molar-refractivity contribution < 1.29 is 4.79 Å². The van der Waals surface area contributed by atoms with Gasteiger partial charge in [0, 0.05) is 11.9 Å². The maximum absolute atomic E-state index is 12.2. The highest BCUT2D eigenvalue weighted by molar-refractivity contribution is 5.91. The summed E-state index contributed by atoms with van der Waals surface area (Å²) in [6.07, 6.45) is 3.56. The van der Waals surface area contributed by atoms with Gasteiger partial charge in [0.1, 0.15) is 18.2 Å². The fourth-order valence-corrected chi connectivity index (χ4v) is 2.31. The largest absolute Gasteiger partial charge is 0.358 e. The summed E-state index contributed by atoms with van der Waals surface area (Å²) in [5, 5.41) is 7.05. The Morgan fingerprint density at radius 2 is 2.00 bits per heavy atom. The van der Waals surface area contributed by atoms with Crippen molar-refractivity contribution in [1.29, 1.82) is 0 Å². The molecule has 0 bridgehead atoms. The second-order valence-electron chi connectivity index (χ2n) is 5.91. The van der Waals surface area contributed by atoms with Gasteiger partial charge < -0.3 is 15.5 Å². The van der Waals surface area contributed by atoms with Gasteiger partial charge in [-0.2, -0.15) is 0 Å². The van der Waals surface area contributed by atoms with Gasteiger partial charge in [0.25, 0.3) is 0 Å². The lowest BCUT2D eigenvalue weighted by Crippen LogP contribution is -2.38. The van der Waals surface area contributed by atoms with E-state index >= 15 is 0 Å². The molecule has 1 amide bonds. The van der Waals surface area contributed by atoms with E-state index in [1.807, 2.05) is 31.2 Å². The topological polar surface area (TPSA) is 70.1 Å². The number of para-hydroxylation sites is 1. The number of aromatic nitrogens is 2. The Kier molecular flexibility index (Phi) is 6.29. The number of fused-ring (bicyclic) bond motifs is 1. The van der Waals surface area contributed by atoms with E-state index in [1.54, 1.807) is 0 Å². The maximum Gasteiger partial charge on any atom is 0.242 e. The Morgan fingerprint density at radius 1 is 1.22 bits per heavy atom. The molecule has 0 aliphatic carbocycles. The van der Waals surface area contributed by atoms with Crippen LogP contribution < -0.4 is 10.6 Å². The molecule has 2 rings (SSSR count). The van der Waals surface area contributed by atoms with Gasteiger partial charge in [0.15, 0.2) is 0 Å². The maximum atomic E-state index is 12.2. The van der Waals surface area contributed by atoms with Gasteiger partial charge in [0.05, 0.1) is 5.52 Å². The van der Waals surface area contributed by atoms with Gasteiger partial charge in [-0.05, 0) is 52.5 Å². The van der Waals surface area contributed by atoms with Crippen LogP contribution in [0.4, 0.5) is 5.82 Å². The first kappa shape index (κ1) is 17.1. The van der Waals surface area contributed by atoms with Gasteiger partial charge in [0.2, 0.25) is 5.91 Å². The number of rotatable bonds is 8. The first-order valence-corrected chi connectivity index (χ1v) is 7.96. The minimum Gasteiger partial charge on any atom is -0.358 e. The number of nitrogens with zero attached hydrogens (tertiary/aromatic N) is 3. The molecule has 6 heteroatoms. The molecule has 0 saturated carbocycles. The Labute approximate surface area is 137 Å².